The topological polar surface area (TPSA) is 46.5 Å². The monoisotopic (exact) mass is 338 g/mol. The molecule has 2 aromatic carbocycles. The Morgan fingerprint density at radius 1 is 1.17 bits per heavy atom. The van der Waals surface area contributed by atoms with Crippen LogP contribution in [0.5, 0.6) is 5.75 Å². The average molecular weight is 338 g/mol. The number of hydrogen-bond donors (Lipinski definition) is 1. The van der Waals surface area contributed by atoms with Gasteiger partial charge in [-0.2, -0.15) is 0 Å². The normalized spacial score (nSPS) is 14.4. The van der Waals surface area contributed by atoms with Gasteiger partial charge in [0.15, 0.2) is 0 Å². The van der Waals surface area contributed by atoms with E-state index in [-0.39, 0.29) is 6.42 Å². The van der Waals surface area contributed by atoms with Crippen LogP contribution < -0.4 is 4.74 Å². The lowest BCUT2D eigenvalue weighted by molar-refractivity contribution is -0.135. The fourth-order valence-corrected chi connectivity index (χ4v) is 3.23. The molecule has 0 spiro atoms. The molecule has 0 aliphatic heterocycles. The van der Waals surface area contributed by atoms with E-state index in [9.17, 15) is 4.79 Å². The van der Waals surface area contributed by atoms with Crippen LogP contribution in [0.1, 0.15) is 23.1 Å². The number of aliphatic carboxylic acids is 1. The molecule has 24 heavy (non-hydrogen) atoms. The minimum absolute atomic E-state index is 0.00290. The number of thioether (sulfide) groups is 1. The van der Waals surface area contributed by atoms with Crippen molar-refractivity contribution in [3.63, 3.8) is 0 Å². The molecule has 122 valence electrons. The van der Waals surface area contributed by atoms with E-state index >= 15 is 0 Å². The molecule has 4 heteroatoms. The summed E-state index contributed by atoms with van der Waals surface area (Å²) in [7, 11) is 1.61. The van der Waals surface area contributed by atoms with Crippen LogP contribution in [0, 0.1) is 0 Å². The van der Waals surface area contributed by atoms with Gasteiger partial charge < -0.3 is 9.84 Å². The zero-order valence-electron chi connectivity index (χ0n) is 13.6. The minimum Gasteiger partial charge on any atom is -0.497 e. The highest BCUT2D eigenvalue weighted by Gasteiger charge is 2.20. The second kappa shape index (κ2) is 6.97. The Morgan fingerprint density at radius 3 is 2.54 bits per heavy atom. The van der Waals surface area contributed by atoms with Crippen molar-refractivity contribution in [3.8, 4) is 5.75 Å². The van der Waals surface area contributed by atoms with Crippen molar-refractivity contribution in [1.82, 2.24) is 0 Å². The van der Waals surface area contributed by atoms with E-state index in [1.165, 1.54) is 4.90 Å². The highest BCUT2D eigenvalue weighted by Crippen LogP contribution is 2.39. The van der Waals surface area contributed by atoms with E-state index in [0.717, 1.165) is 33.6 Å². The Bertz CT molecular complexity index is 832. The largest absolute Gasteiger partial charge is 0.497 e. The van der Waals surface area contributed by atoms with Crippen molar-refractivity contribution in [1.29, 1.82) is 0 Å². The zero-order chi connectivity index (χ0) is 17.1. The van der Waals surface area contributed by atoms with E-state index in [0.29, 0.717) is 0 Å². The van der Waals surface area contributed by atoms with Gasteiger partial charge >= 0.3 is 5.97 Å². The lowest BCUT2D eigenvalue weighted by Gasteiger charge is -2.07. The Balaban J connectivity index is 2.03. The molecule has 3 nitrogen and oxygen atoms in total. The Labute approximate surface area is 145 Å². The first-order chi connectivity index (χ1) is 11.6. The molecule has 2 aromatic rings. The number of fused-ring (bicyclic) bond motifs is 1. The molecule has 0 unspecified atom stereocenters. The molecule has 1 aliphatic carbocycles. The number of carbonyl (C=O) groups is 1. The maximum atomic E-state index is 11.2. The molecule has 1 N–H and O–H groups in total. The van der Waals surface area contributed by atoms with Gasteiger partial charge in [0.1, 0.15) is 5.75 Å². The van der Waals surface area contributed by atoms with Gasteiger partial charge in [-0.15, -0.1) is 11.8 Å². The first-order valence-electron chi connectivity index (χ1n) is 7.57. The third kappa shape index (κ3) is 3.39. The third-order valence-electron chi connectivity index (χ3n) is 3.99. The van der Waals surface area contributed by atoms with Gasteiger partial charge in [-0.3, -0.25) is 4.79 Å². The van der Waals surface area contributed by atoms with Crippen molar-refractivity contribution < 1.29 is 14.6 Å². The van der Waals surface area contributed by atoms with E-state index in [1.54, 1.807) is 18.9 Å². The molecule has 0 saturated heterocycles. The second-order valence-corrected chi connectivity index (χ2v) is 6.40. The molecule has 1 aliphatic rings. The number of methoxy groups -OCH3 is 1. The number of ether oxygens (including phenoxy) is 1. The maximum absolute atomic E-state index is 11.2. The summed E-state index contributed by atoms with van der Waals surface area (Å²) in [5.41, 5.74) is 4.91. The number of benzene rings is 2. The van der Waals surface area contributed by atoms with E-state index < -0.39 is 5.97 Å². The van der Waals surface area contributed by atoms with Crippen LogP contribution >= 0.6 is 11.8 Å². The maximum Gasteiger partial charge on any atom is 0.307 e. The van der Waals surface area contributed by atoms with E-state index in [2.05, 4.69) is 36.6 Å². The summed E-state index contributed by atoms with van der Waals surface area (Å²) in [4.78, 5) is 12.4. The fraction of sp³-hybridized carbons (Fsp3) is 0.150. The van der Waals surface area contributed by atoms with Gasteiger partial charge in [0.25, 0.3) is 0 Å². The van der Waals surface area contributed by atoms with Gasteiger partial charge in [-0.1, -0.05) is 18.2 Å². The average Bonchev–Trinajstić information content (AvgIpc) is 2.91. The van der Waals surface area contributed by atoms with Gasteiger partial charge in [0.2, 0.25) is 0 Å². The molecule has 0 aromatic heterocycles. The van der Waals surface area contributed by atoms with Gasteiger partial charge in [-0.25, -0.2) is 0 Å². The summed E-state index contributed by atoms with van der Waals surface area (Å²) in [6.45, 7) is 0. The number of rotatable bonds is 5. The molecule has 0 fully saturated rings. The van der Waals surface area contributed by atoms with Crippen molar-refractivity contribution in [2.75, 3.05) is 13.4 Å². The molecule has 0 heterocycles. The fourth-order valence-electron chi connectivity index (χ4n) is 2.82. The Hall–Kier alpha value is -2.46. The van der Waals surface area contributed by atoms with Crippen LogP contribution in [-0.2, 0) is 4.79 Å². The molecule has 3 rings (SSSR count). The smallest absolute Gasteiger partial charge is 0.307 e. The second-order valence-electron chi connectivity index (χ2n) is 5.52. The SMILES string of the molecule is COc1ccc2c(c1)C(CC(=O)O)=C/C2=C\c1ccc(SC)cc1. The summed E-state index contributed by atoms with van der Waals surface area (Å²) in [5.74, 6) is -0.101. The summed E-state index contributed by atoms with van der Waals surface area (Å²) in [6, 6.07) is 14.1. The van der Waals surface area contributed by atoms with Crippen LogP contribution in [0.3, 0.4) is 0 Å². The summed E-state index contributed by atoms with van der Waals surface area (Å²) in [5, 5.41) is 9.17. The van der Waals surface area contributed by atoms with Crippen LogP contribution in [0.25, 0.3) is 17.2 Å². The molecule has 0 radical (unpaired) electrons. The van der Waals surface area contributed by atoms with Crippen molar-refractivity contribution >= 4 is 35.0 Å². The predicted molar refractivity (Wildman–Crippen MR) is 99.3 cm³/mol. The lowest BCUT2D eigenvalue weighted by Crippen LogP contribution is -1.96. The van der Waals surface area contributed by atoms with Gasteiger partial charge in [-0.05, 0) is 70.5 Å². The number of hydrogen-bond acceptors (Lipinski definition) is 3. The quantitative estimate of drug-likeness (QED) is 0.793. The van der Waals surface area contributed by atoms with Crippen LogP contribution in [0.2, 0.25) is 0 Å². The summed E-state index contributed by atoms with van der Waals surface area (Å²) >= 11 is 1.71. The van der Waals surface area contributed by atoms with Crippen molar-refractivity contribution in [3.05, 3.63) is 65.2 Å². The summed E-state index contributed by atoms with van der Waals surface area (Å²) < 4.78 is 5.28. The predicted octanol–water partition coefficient (Wildman–Crippen LogP) is 4.83. The molecule has 0 atom stereocenters. The summed E-state index contributed by atoms with van der Waals surface area (Å²) in [6.07, 6.45) is 6.10. The molecule has 0 saturated carbocycles. The zero-order valence-corrected chi connectivity index (χ0v) is 14.4. The minimum atomic E-state index is -0.833. The molecular weight excluding hydrogens is 320 g/mol. The van der Waals surface area contributed by atoms with E-state index in [1.807, 2.05) is 24.3 Å². The lowest BCUT2D eigenvalue weighted by atomic mass is 10.0. The van der Waals surface area contributed by atoms with Gasteiger partial charge in [0, 0.05) is 4.90 Å². The Morgan fingerprint density at radius 2 is 1.92 bits per heavy atom. The number of carboxylic acids is 1. The Kier molecular flexibility index (Phi) is 4.76. The standard InChI is InChI=1S/C20H18O3S/c1-23-16-5-8-18-14(9-13-3-6-17(24-2)7-4-13)10-15(11-20(21)22)19(18)12-16/h3-10,12H,11H2,1-2H3,(H,21,22)/b14-9+. The molecule has 0 amide bonds. The number of allylic oxidation sites excluding steroid dienone is 2. The van der Waals surface area contributed by atoms with Crippen molar-refractivity contribution in [2.45, 2.75) is 11.3 Å². The third-order valence-corrected chi connectivity index (χ3v) is 4.74. The first-order valence-corrected chi connectivity index (χ1v) is 8.80. The number of carboxylic acid groups (broad SMARTS) is 1. The van der Waals surface area contributed by atoms with Gasteiger partial charge in [0.05, 0.1) is 13.5 Å². The van der Waals surface area contributed by atoms with Crippen LogP contribution in [0.4, 0.5) is 0 Å². The van der Waals surface area contributed by atoms with Crippen LogP contribution in [0.15, 0.2) is 53.4 Å². The highest BCUT2D eigenvalue weighted by atomic mass is 32.2. The molecular formula is C20H18O3S. The van der Waals surface area contributed by atoms with Crippen molar-refractivity contribution in [2.24, 2.45) is 0 Å². The molecule has 0 bridgehead atoms. The highest BCUT2D eigenvalue weighted by molar-refractivity contribution is 7.98. The van der Waals surface area contributed by atoms with Crippen LogP contribution in [-0.4, -0.2) is 24.4 Å². The van der Waals surface area contributed by atoms with E-state index in [4.69, 9.17) is 9.84 Å². The first kappa shape index (κ1) is 16.4.